The highest BCUT2D eigenvalue weighted by atomic mass is 15.3. The van der Waals surface area contributed by atoms with E-state index in [2.05, 4.69) is 34.9 Å². The van der Waals surface area contributed by atoms with Gasteiger partial charge in [0.15, 0.2) is 0 Å². The molecule has 94 valence electrons. The van der Waals surface area contributed by atoms with Crippen molar-refractivity contribution in [3.8, 4) is 0 Å². The first-order valence-corrected chi connectivity index (χ1v) is 6.27. The third-order valence-electron chi connectivity index (χ3n) is 3.31. The van der Waals surface area contributed by atoms with Gasteiger partial charge in [-0.05, 0) is 33.0 Å². The Morgan fingerprint density at radius 2 is 2.35 bits per heavy atom. The van der Waals surface area contributed by atoms with Crippen molar-refractivity contribution >= 4 is 5.82 Å². The van der Waals surface area contributed by atoms with E-state index in [0.29, 0.717) is 12.6 Å². The zero-order valence-electron chi connectivity index (χ0n) is 10.8. The summed E-state index contributed by atoms with van der Waals surface area (Å²) in [5.74, 6) is 1.08. The van der Waals surface area contributed by atoms with Crippen molar-refractivity contribution in [3.05, 3.63) is 23.9 Å². The van der Waals surface area contributed by atoms with Gasteiger partial charge >= 0.3 is 0 Å². The first-order valence-electron chi connectivity index (χ1n) is 6.27. The molecule has 1 aromatic rings. The van der Waals surface area contributed by atoms with Crippen molar-refractivity contribution in [1.29, 1.82) is 0 Å². The molecule has 1 aromatic heterocycles. The Labute approximate surface area is 103 Å². The number of nitrogens with zero attached hydrogens (tertiary/aromatic N) is 3. The second-order valence-electron chi connectivity index (χ2n) is 4.94. The number of likely N-dealkylation sites (N-methyl/N-ethyl adjacent to an activating group) is 1. The molecule has 1 saturated heterocycles. The topological polar surface area (TPSA) is 45.4 Å². The van der Waals surface area contributed by atoms with Crippen LogP contribution in [0.5, 0.6) is 0 Å². The third-order valence-corrected chi connectivity index (χ3v) is 3.31. The van der Waals surface area contributed by atoms with Gasteiger partial charge in [-0.1, -0.05) is 6.07 Å². The Hall–Kier alpha value is -1.13. The summed E-state index contributed by atoms with van der Waals surface area (Å²) in [7, 11) is 4.25. The maximum absolute atomic E-state index is 5.79. The highest BCUT2D eigenvalue weighted by Gasteiger charge is 2.27. The first-order chi connectivity index (χ1) is 8.22. The normalized spacial score (nSPS) is 20.2. The molecule has 4 nitrogen and oxygen atoms in total. The van der Waals surface area contributed by atoms with Crippen LogP contribution in [0.25, 0.3) is 0 Å². The quantitative estimate of drug-likeness (QED) is 0.846. The van der Waals surface area contributed by atoms with Crippen LogP contribution in [-0.4, -0.2) is 43.1 Å². The van der Waals surface area contributed by atoms with E-state index in [9.17, 15) is 0 Å². The number of anilines is 1. The van der Waals surface area contributed by atoms with Crippen molar-refractivity contribution in [1.82, 2.24) is 9.88 Å². The van der Waals surface area contributed by atoms with E-state index in [4.69, 9.17) is 5.73 Å². The molecule has 17 heavy (non-hydrogen) atoms. The molecule has 2 rings (SSSR count). The van der Waals surface area contributed by atoms with Crippen LogP contribution in [-0.2, 0) is 6.54 Å². The maximum Gasteiger partial charge on any atom is 0.133 e. The van der Waals surface area contributed by atoms with Gasteiger partial charge < -0.3 is 15.5 Å². The summed E-state index contributed by atoms with van der Waals surface area (Å²) < 4.78 is 0. The third kappa shape index (κ3) is 2.76. The number of hydrogen-bond acceptors (Lipinski definition) is 4. The molecular weight excluding hydrogens is 212 g/mol. The fourth-order valence-electron chi connectivity index (χ4n) is 2.57. The molecule has 0 spiro atoms. The fraction of sp³-hybridized carbons (Fsp3) is 0.615. The second-order valence-corrected chi connectivity index (χ2v) is 4.94. The Morgan fingerprint density at radius 1 is 1.53 bits per heavy atom. The van der Waals surface area contributed by atoms with Crippen LogP contribution in [0.3, 0.4) is 0 Å². The maximum atomic E-state index is 5.79. The van der Waals surface area contributed by atoms with Gasteiger partial charge in [-0.25, -0.2) is 4.98 Å². The van der Waals surface area contributed by atoms with Gasteiger partial charge in [-0.2, -0.15) is 0 Å². The van der Waals surface area contributed by atoms with Crippen LogP contribution in [0.1, 0.15) is 18.4 Å². The zero-order valence-corrected chi connectivity index (χ0v) is 10.8. The number of nitrogens with two attached hydrogens (primary N) is 1. The van der Waals surface area contributed by atoms with E-state index in [0.717, 1.165) is 24.5 Å². The molecule has 1 atom stereocenters. The van der Waals surface area contributed by atoms with E-state index in [1.54, 1.807) is 0 Å². The Morgan fingerprint density at radius 3 is 3.06 bits per heavy atom. The molecule has 1 aliphatic rings. The lowest BCUT2D eigenvalue weighted by molar-refractivity contribution is 0.371. The number of aromatic nitrogens is 1. The van der Waals surface area contributed by atoms with Gasteiger partial charge in [-0.15, -0.1) is 0 Å². The summed E-state index contributed by atoms with van der Waals surface area (Å²) in [6.07, 6.45) is 4.36. The van der Waals surface area contributed by atoms with Crippen molar-refractivity contribution in [2.45, 2.75) is 25.4 Å². The summed E-state index contributed by atoms with van der Waals surface area (Å²) >= 11 is 0. The largest absolute Gasteiger partial charge is 0.352 e. The molecule has 2 heterocycles. The van der Waals surface area contributed by atoms with Crippen molar-refractivity contribution in [2.24, 2.45) is 5.73 Å². The van der Waals surface area contributed by atoms with E-state index in [1.165, 1.54) is 12.8 Å². The predicted octanol–water partition coefficient (Wildman–Crippen LogP) is 1.07. The van der Waals surface area contributed by atoms with Gasteiger partial charge in [0.2, 0.25) is 0 Å². The van der Waals surface area contributed by atoms with Crippen molar-refractivity contribution in [3.63, 3.8) is 0 Å². The summed E-state index contributed by atoms with van der Waals surface area (Å²) in [6, 6.07) is 4.61. The van der Waals surface area contributed by atoms with E-state index >= 15 is 0 Å². The average Bonchev–Trinajstić information content (AvgIpc) is 2.76. The second kappa shape index (κ2) is 5.47. The van der Waals surface area contributed by atoms with Crippen LogP contribution in [0.2, 0.25) is 0 Å². The van der Waals surface area contributed by atoms with E-state index in [1.807, 2.05) is 12.3 Å². The molecular formula is C13H22N4. The summed E-state index contributed by atoms with van der Waals surface area (Å²) in [4.78, 5) is 9.18. The molecule has 0 aromatic carbocycles. The first kappa shape index (κ1) is 12.3. The Kier molecular flexibility index (Phi) is 3.97. The molecule has 0 aliphatic carbocycles. The molecule has 1 unspecified atom stereocenters. The van der Waals surface area contributed by atoms with Crippen molar-refractivity contribution in [2.75, 3.05) is 32.1 Å². The minimum Gasteiger partial charge on any atom is -0.352 e. The van der Waals surface area contributed by atoms with Crippen LogP contribution in [0, 0.1) is 0 Å². The number of hydrogen-bond donors (Lipinski definition) is 1. The summed E-state index contributed by atoms with van der Waals surface area (Å²) in [6.45, 7) is 2.75. The minimum absolute atomic E-state index is 0.564. The van der Waals surface area contributed by atoms with Gasteiger partial charge in [0.05, 0.1) is 0 Å². The standard InChI is InChI=1S/C13H22N4/c1-16(2)10-12-6-4-8-17(12)13-11(9-14)5-3-7-15-13/h3,5,7,12H,4,6,8-10,14H2,1-2H3. The summed E-state index contributed by atoms with van der Waals surface area (Å²) in [5, 5.41) is 0. The Balaban J connectivity index is 2.19. The monoisotopic (exact) mass is 234 g/mol. The van der Waals surface area contributed by atoms with E-state index in [-0.39, 0.29) is 0 Å². The van der Waals surface area contributed by atoms with Gasteiger partial charge in [0.25, 0.3) is 0 Å². The lowest BCUT2D eigenvalue weighted by Crippen LogP contribution is -2.38. The van der Waals surface area contributed by atoms with Gasteiger partial charge in [-0.3, -0.25) is 0 Å². The molecule has 0 saturated carbocycles. The van der Waals surface area contributed by atoms with Gasteiger partial charge in [0.1, 0.15) is 5.82 Å². The molecule has 0 radical (unpaired) electrons. The SMILES string of the molecule is CN(C)CC1CCCN1c1ncccc1CN. The zero-order chi connectivity index (χ0) is 12.3. The molecule has 1 fully saturated rings. The highest BCUT2D eigenvalue weighted by molar-refractivity contribution is 5.48. The predicted molar refractivity (Wildman–Crippen MR) is 71.1 cm³/mol. The molecule has 0 bridgehead atoms. The molecule has 0 amide bonds. The lowest BCUT2D eigenvalue weighted by atomic mass is 10.2. The van der Waals surface area contributed by atoms with Gasteiger partial charge in [0, 0.05) is 37.4 Å². The molecule has 2 N–H and O–H groups in total. The molecule has 4 heteroatoms. The number of pyridine rings is 1. The van der Waals surface area contributed by atoms with E-state index < -0.39 is 0 Å². The van der Waals surface area contributed by atoms with Crippen LogP contribution in [0.15, 0.2) is 18.3 Å². The fourth-order valence-corrected chi connectivity index (χ4v) is 2.57. The minimum atomic E-state index is 0.564. The van der Waals surface area contributed by atoms with Crippen LogP contribution < -0.4 is 10.6 Å². The number of rotatable bonds is 4. The Bertz CT molecular complexity index is 364. The van der Waals surface area contributed by atoms with Crippen molar-refractivity contribution < 1.29 is 0 Å². The summed E-state index contributed by atoms with van der Waals surface area (Å²) in [5.41, 5.74) is 6.94. The van der Waals surface area contributed by atoms with Crippen LogP contribution in [0.4, 0.5) is 5.82 Å². The smallest absolute Gasteiger partial charge is 0.133 e. The van der Waals surface area contributed by atoms with Crippen LogP contribution >= 0.6 is 0 Å². The average molecular weight is 234 g/mol. The molecule has 1 aliphatic heterocycles. The highest BCUT2D eigenvalue weighted by Crippen LogP contribution is 2.26. The lowest BCUT2D eigenvalue weighted by Gasteiger charge is -2.29.